The first-order valence-corrected chi connectivity index (χ1v) is 7.67. The summed E-state index contributed by atoms with van der Waals surface area (Å²) >= 11 is 5.98. The van der Waals surface area contributed by atoms with Gasteiger partial charge in [0.1, 0.15) is 5.75 Å². The minimum absolute atomic E-state index is 0.319. The molecule has 1 aromatic rings. The topological polar surface area (TPSA) is 70.7 Å². The number of nitrogens with one attached hydrogen (secondary N) is 2. The highest BCUT2D eigenvalue weighted by Crippen LogP contribution is 2.28. The summed E-state index contributed by atoms with van der Waals surface area (Å²) < 4.78 is 33.3. The summed E-state index contributed by atoms with van der Waals surface area (Å²) in [5.74, 6) is 0.544. The van der Waals surface area contributed by atoms with E-state index in [2.05, 4.69) is 10.0 Å². The molecule has 0 aromatic heterocycles. The molecule has 106 valence electrons. The van der Waals surface area contributed by atoms with Gasteiger partial charge < -0.3 is 10.1 Å². The molecule has 1 aromatic carbocycles. The average Bonchev–Trinajstić information content (AvgIpc) is 2.42. The van der Waals surface area contributed by atoms with E-state index in [4.69, 9.17) is 16.3 Å². The Balaban J connectivity index is 2.19. The number of halogens is 1. The van der Waals surface area contributed by atoms with Gasteiger partial charge >= 0.3 is 10.2 Å². The van der Waals surface area contributed by atoms with Crippen LogP contribution in [-0.2, 0) is 10.2 Å². The Hall–Kier alpha value is -1.02. The standard InChI is InChI=1S/C11H16ClN3O3S/c1-18-9-2-3-10(12)11(8-9)14-19(16,17)15-6-4-13-5-7-15/h2-3,8,13-14H,4-7H2,1H3. The normalized spacial score (nSPS) is 17.2. The largest absolute Gasteiger partial charge is 0.497 e. The van der Waals surface area contributed by atoms with Crippen LogP contribution in [-0.4, -0.2) is 46.0 Å². The molecule has 0 saturated carbocycles. The summed E-state index contributed by atoms with van der Waals surface area (Å²) in [4.78, 5) is 0. The van der Waals surface area contributed by atoms with Crippen molar-refractivity contribution in [1.29, 1.82) is 0 Å². The molecule has 2 N–H and O–H groups in total. The van der Waals surface area contributed by atoms with E-state index >= 15 is 0 Å². The summed E-state index contributed by atoms with van der Waals surface area (Å²) in [7, 11) is -2.07. The smallest absolute Gasteiger partial charge is 0.301 e. The maximum absolute atomic E-state index is 12.2. The fourth-order valence-electron chi connectivity index (χ4n) is 1.80. The van der Waals surface area contributed by atoms with E-state index in [1.807, 2.05) is 0 Å². The van der Waals surface area contributed by atoms with Gasteiger partial charge in [0.05, 0.1) is 17.8 Å². The van der Waals surface area contributed by atoms with Crippen molar-refractivity contribution in [2.45, 2.75) is 0 Å². The molecule has 1 saturated heterocycles. The van der Waals surface area contributed by atoms with Crippen molar-refractivity contribution in [3.63, 3.8) is 0 Å². The first-order valence-electron chi connectivity index (χ1n) is 5.85. The zero-order chi connectivity index (χ0) is 13.9. The van der Waals surface area contributed by atoms with Crippen molar-refractivity contribution in [3.8, 4) is 5.75 Å². The van der Waals surface area contributed by atoms with E-state index in [1.54, 1.807) is 18.2 Å². The Labute approximate surface area is 117 Å². The number of benzene rings is 1. The minimum atomic E-state index is -3.58. The lowest BCUT2D eigenvalue weighted by atomic mass is 10.3. The van der Waals surface area contributed by atoms with Crippen molar-refractivity contribution in [2.75, 3.05) is 38.0 Å². The summed E-state index contributed by atoms with van der Waals surface area (Å²) in [5, 5.41) is 3.43. The van der Waals surface area contributed by atoms with Crippen LogP contribution in [0.15, 0.2) is 18.2 Å². The SMILES string of the molecule is COc1ccc(Cl)c(NS(=O)(=O)N2CCNCC2)c1. The number of ether oxygens (including phenoxy) is 1. The average molecular weight is 306 g/mol. The molecule has 1 fully saturated rings. The second kappa shape index (κ2) is 5.96. The third-order valence-electron chi connectivity index (χ3n) is 2.83. The van der Waals surface area contributed by atoms with Gasteiger partial charge in [0.2, 0.25) is 0 Å². The Morgan fingerprint density at radius 1 is 1.37 bits per heavy atom. The predicted octanol–water partition coefficient (Wildman–Crippen LogP) is 0.910. The molecule has 1 aliphatic heterocycles. The van der Waals surface area contributed by atoms with Gasteiger partial charge in [-0.25, -0.2) is 0 Å². The molecule has 0 spiro atoms. The predicted molar refractivity (Wildman–Crippen MR) is 75.0 cm³/mol. The summed E-state index contributed by atoms with van der Waals surface area (Å²) in [5.41, 5.74) is 0.319. The van der Waals surface area contributed by atoms with Gasteiger partial charge in [0, 0.05) is 32.2 Å². The molecule has 0 bridgehead atoms. The highest BCUT2D eigenvalue weighted by atomic mass is 35.5. The monoisotopic (exact) mass is 305 g/mol. The zero-order valence-corrected chi connectivity index (χ0v) is 12.1. The molecular formula is C11H16ClN3O3S. The number of nitrogens with zero attached hydrogens (tertiary/aromatic N) is 1. The van der Waals surface area contributed by atoms with Crippen molar-refractivity contribution in [3.05, 3.63) is 23.2 Å². The van der Waals surface area contributed by atoms with Crippen LogP contribution in [0.25, 0.3) is 0 Å². The first-order chi connectivity index (χ1) is 9.03. The van der Waals surface area contributed by atoms with Crippen LogP contribution in [0.5, 0.6) is 5.75 Å². The Kier molecular flexibility index (Phi) is 4.51. The van der Waals surface area contributed by atoms with Gasteiger partial charge in [-0.2, -0.15) is 12.7 Å². The molecule has 0 atom stereocenters. The number of anilines is 1. The summed E-state index contributed by atoms with van der Waals surface area (Å²) in [6.45, 7) is 2.17. The Morgan fingerprint density at radius 2 is 2.05 bits per heavy atom. The number of hydrogen-bond acceptors (Lipinski definition) is 4. The molecule has 0 radical (unpaired) electrons. The summed E-state index contributed by atoms with van der Waals surface area (Å²) in [6, 6.07) is 4.82. The van der Waals surface area contributed by atoms with Crippen LogP contribution >= 0.6 is 11.6 Å². The number of hydrogen-bond donors (Lipinski definition) is 2. The van der Waals surface area contributed by atoms with Crippen LogP contribution in [0.2, 0.25) is 5.02 Å². The number of methoxy groups -OCH3 is 1. The molecule has 19 heavy (non-hydrogen) atoms. The van der Waals surface area contributed by atoms with Crippen LogP contribution in [0.1, 0.15) is 0 Å². The van der Waals surface area contributed by atoms with Gasteiger partial charge in [0.25, 0.3) is 0 Å². The summed E-state index contributed by atoms with van der Waals surface area (Å²) in [6.07, 6.45) is 0. The van der Waals surface area contributed by atoms with Crippen LogP contribution < -0.4 is 14.8 Å². The minimum Gasteiger partial charge on any atom is -0.497 e. The van der Waals surface area contributed by atoms with Gasteiger partial charge in [0.15, 0.2) is 0 Å². The lowest BCUT2D eigenvalue weighted by molar-refractivity contribution is 0.362. The second-order valence-corrected chi connectivity index (χ2v) is 6.18. The molecule has 0 unspecified atom stereocenters. The van der Waals surface area contributed by atoms with E-state index in [1.165, 1.54) is 11.4 Å². The number of piperazine rings is 1. The van der Waals surface area contributed by atoms with Gasteiger partial charge in [-0.15, -0.1) is 0 Å². The third kappa shape index (κ3) is 3.50. The quantitative estimate of drug-likeness (QED) is 0.867. The second-order valence-electron chi connectivity index (χ2n) is 4.10. The van der Waals surface area contributed by atoms with E-state index in [0.717, 1.165) is 0 Å². The third-order valence-corrected chi connectivity index (χ3v) is 4.68. The molecule has 2 rings (SSSR count). The van der Waals surface area contributed by atoms with Crippen LogP contribution in [0.3, 0.4) is 0 Å². The Bertz CT molecular complexity index is 544. The highest BCUT2D eigenvalue weighted by Gasteiger charge is 2.24. The van der Waals surface area contributed by atoms with E-state index in [-0.39, 0.29) is 0 Å². The van der Waals surface area contributed by atoms with Gasteiger partial charge in [-0.1, -0.05) is 11.6 Å². The van der Waals surface area contributed by atoms with Gasteiger partial charge in [-0.3, -0.25) is 4.72 Å². The van der Waals surface area contributed by atoms with Crippen molar-refractivity contribution < 1.29 is 13.2 Å². The van der Waals surface area contributed by atoms with E-state index < -0.39 is 10.2 Å². The first kappa shape index (κ1) is 14.4. The molecule has 1 aliphatic rings. The van der Waals surface area contributed by atoms with Gasteiger partial charge in [-0.05, 0) is 12.1 Å². The van der Waals surface area contributed by atoms with Crippen molar-refractivity contribution >= 4 is 27.5 Å². The lowest BCUT2D eigenvalue weighted by Gasteiger charge is -2.27. The molecule has 8 heteroatoms. The van der Waals surface area contributed by atoms with Crippen molar-refractivity contribution in [1.82, 2.24) is 9.62 Å². The Morgan fingerprint density at radius 3 is 2.68 bits per heavy atom. The van der Waals surface area contributed by atoms with Crippen LogP contribution in [0, 0.1) is 0 Å². The maximum Gasteiger partial charge on any atom is 0.301 e. The molecule has 6 nitrogen and oxygen atoms in total. The molecule has 0 aliphatic carbocycles. The highest BCUT2D eigenvalue weighted by molar-refractivity contribution is 7.90. The van der Waals surface area contributed by atoms with Crippen LogP contribution in [0.4, 0.5) is 5.69 Å². The molecule has 0 amide bonds. The fraction of sp³-hybridized carbons (Fsp3) is 0.455. The maximum atomic E-state index is 12.2. The van der Waals surface area contributed by atoms with Crippen molar-refractivity contribution in [2.24, 2.45) is 0 Å². The van der Waals surface area contributed by atoms with E-state index in [0.29, 0.717) is 42.6 Å². The fourth-order valence-corrected chi connectivity index (χ4v) is 3.26. The number of rotatable bonds is 4. The zero-order valence-electron chi connectivity index (χ0n) is 10.5. The molecule has 1 heterocycles. The molecular weight excluding hydrogens is 290 g/mol. The van der Waals surface area contributed by atoms with E-state index in [9.17, 15) is 8.42 Å². The lowest BCUT2D eigenvalue weighted by Crippen LogP contribution is -2.48.